The quantitative estimate of drug-likeness (QED) is 0.558. The number of benzene rings is 1. The number of aryl methyl sites for hydroxylation is 3. The second-order valence-corrected chi connectivity index (χ2v) is 7.09. The van der Waals surface area contributed by atoms with Crippen molar-refractivity contribution in [3.63, 3.8) is 0 Å². The molecular formula is C21H27N7O. The van der Waals surface area contributed by atoms with Gasteiger partial charge in [0.15, 0.2) is 5.82 Å². The smallest absolute Gasteiger partial charge is 0.319 e. The summed E-state index contributed by atoms with van der Waals surface area (Å²) in [6.45, 7) is 11.1. The topological polar surface area (TPSA) is 96.8 Å². The second-order valence-electron chi connectivity index (χ2n) is 7.09. The SMILES string of the molecule is Cc1ccc(NC(=O)NCCNc2ccc(-n3nc(C)c(C)c3C)nn2)cc1C. The van der Waals surface area contributed by atoms with E-state index in [1.165, 1.54) is 5.56 Å². The molecule has 0 fully saturated rings. The highest BCUT2D eigenvalue weighted by Gasteiger charge is 2.10. The molecule has 0 spiro atoms. The standard InChI is InChI=1S/C21H27N7O/c1-13-6-7-18(12-14(13)2)24-21(29)23-11-10-22-19-8-9-20(26-25-19)28-17(5)15(3)16(4)27-28/h6-9,12H,10-11H2,1-5H3,(H,22,25)(H2,23,24,29). The lowest BCUT2D eigenvalue weighted by Gasteiger charge is -2.10. The monoisotopic (exact) mass is 393 g/mol. The molecule has 2 aromatic heterocycles. The van der Waals surface area contributed by atoms with Crippen LogP contribution in [0.15, 0.2) is 30.3 Å². The Labute approximate surface area is 170 Å². The van der Waals surface area contributed by atoms with Crippen molar-refractivity contribution in [2.24, 2.45) is 0 Å². The van der Waals surface area contributed by atoms with Crippen LogP contribution in [0.25, 0.3) is 5.82 Å². The number of nitrogens with zero attached hydrogens (tertiary/aromatic N) is 4. The Morgan fingerprint density at radius 3 is 2.38 bits per heavy atom. The molecule has 8 nitrogen and oxygen atoms in total. The third-order valence-corrected chi connectivity index (χ3v) is 5.00. The van der Waals surface area contributed by atoms with E-state index in [1.807, 2.05) is 65.0 Å². The van der Waals surface area contributed by atoms with Gasteiger partial charge in [0.05, 0.1) is 5.69 Å². The van der Waals surface area contributed by atoms with Crippen molar-refractivity contribution in [3.05, 3.63) is 58.4 Å². The highest BCUT2D eigenvalue weighted by atomic mass is 16.2. The molecule has 152 valence electrons. The number of rotatable bonds is 6. The van der Waals surface area contributed by atoms with E-state index in [1.54, 1.807) is 4.68 Å². The van der Waals surface area contributed by atoms with E-state index in [-0.39, 0.29) is 6.03 Å². The summed E-state index contributed by atoms with van der Waals surface area (Å²) in [5.74, 6) is 1.32. The lowest BCUT2D eigenvalue weighted by atomic mass is 10.1. The molecule has 3 N–H and O–H groups in total. The number of aromatic nitrogens is 4. The Balaban J connectivity index is 1.46. The molecule has 2 amide bonds. The van der Waals surface area contributed by atoms with Crippen molar-refractivity contribution < 1.29 is 4.79 Å². The summed E-state index contributed by atoms with van der Waals surface area (Å²) in [5, 5.41) is 21.7. The van der Waals surface area contributed by atoms with Gasteiger partial charge in [-0.15, -0.1) is 10.2 Å². The lowest BCUT2D eigenvalue weighted by molar-refractivity contribution is 0.252. The zero-order valence-electron chi connectivity index (χ0n) is 17.5. The molecule has 29 heavy (non-hydrogen) atoms. The lowest BCUT2D eigenvalue weighted by Crippen LogP contribution is -2.32. The van der Waals surface area contributed by atoms with Crippen LogP contribution in [-0.2, 0) is 0 Å². The Bertz CT molecular complexity index is 1010. The summed E-state index contributed by atoms with van der Waals surface area (Å²) < 4.78 is 1.79. The summed E-state index contributed by atoms with van der Waals surface area (Å²) in [6, 6.07) is 9.31. The van der Waals surface area contributed by atoms with Gasteiger partial charge in [-0.25, -0.2) is 9.48 Å². The first-order chi connectivity index (χ1) is 13.8. The maximum Gasteiger partial charge on any atom is 0.319 e. The molecule has 3 aromatic rings. The van der Waals surface area contributed by atoms with Crippen molar-refractivity contribution in [1.29, 1.82) is 0 Å². The van der Waals surface area contributed by atoms with Gasteiger partial charge < -0.3 is 16.0 Å². The summed E-state index contributed by atoms with van der Waals surface area (Å²) in [5.41, 5.74) is 6.30. The van der Waals surface area contributed by atoms with Gasteiger partial charge in [-0.1, -0.05) is 6.07 Å². The largest absolute Gasteiger partial charge is 0.367 e. The van der Waals surface area contributed by atoms with Crippen LogP contribution in [0, 0.1) is 34.6 Å². The molecule has 0 aliphatic carbocycles. The zero-order chi connectivity index (χ0) is 21.0. The minimum Gasteiger partial charge on any atom is -0.367 e. The number of anilines is 2. The predicted octanol–water partition coefficient (Wildman–Crippen LogP) is 3.44. The van der Waals surface area contributed by atoms with Gasteiger partial charge in [-0.05, 0) is 75.6 Å². The second kappa shape index (κ2) is 8.72. The molecule has 0 radical (unpaired) electrons. The number of amides is 2. The van der Waals surface area contributed by atoms with Gasteiger partial charge in [-0.3, -0.25) is 0 Å². The predicted molar refractivity (Wildman–Crippen MR) is 115 cm³/mol. The summed E-state index contributed by atoms with van der Waals surface area (Å²) >= 11 is 0. The molecule has 0 bridgehead atoms. The highest BCUT2D eigenvalue weighted by Crippen LogP contribution is 2.16. The fourth-order valence-electron chi connectivity index (χ4n) is 2.84. The first-order valence-corrected chi connectivity index (χ1v) is 9.58. The van der Waals surface area contributed by atoms with E-state index in [0.717, 1.165) is 28.2 Å². The first-order valence-electron chi connectivity index (χ1n) is 9.58. The van der Waals surface area contributed by atoms with Crippen LogP contribution >= 0.6 is 0 Å². The normalized spacial score (nSPS) is 10.7. The van der Waals surface area contributed by atoms with Gasteiger partial charge in [-0.2, -0.15) is 5.10 Å². The van der Waals surface area contributed by atoms with Crippen LogP contribution in [0.5, 0.6) is 0 Å². The fourth-order valence-corrected chi connectivity index (χ4v) is 2.84. The number of carbonyl (C=O) groups is 1. The Morgan fingerprint density at radius 2 is 1.76 bits per heavy atom. The summed E-state index contributed by atoms with van der Waals surface area (Å²) in [6.07, 6.45) is 0. The third-order valence-electron chi connectivity index (χ3n) is 5.00. The van der Waals surface area contributed by atoms with Gasteiger partial charge >= 0.3 is 6.03 Å². The van der Waals surface area contributed by atoms with Crippen LogP contribution in [0.2, 0.25) is 0 Å². The number of hydrogen-bond donors (Lipinski definition) is 3. The maximum absolute atomic E-state index is 12.0. The molecular weight excluding hydrogens is 366 g/mol. The van der Waals surface area contributed by atoms with Crippen molar-refractivity contribution in [3.8, 4) is 5.82 Å². The van der Waals surface area contributed by atoms with Crippen LogP contribution in [-0.4, -0.2) is 39.1 Å². The number of nitrogens with one attached hydrogen (secondary N) is 3. The molecule has 0 saturated heterocycles. The molecule has 0 atom stereocenters. The van der Waals surface area contributed by atoms with Crippen molar-refractivity contribution in [2.75, 3.05) is 23.7 Å². The fraction of sp³-hybridized carbons (Fsp3) is 0.333. The van der Waals surface area contributed by atoms with E-state index >= 15 is 0 Å². The molecule has 0 aliphatic heterocycles. The van der Waals surface area contributed by atoms with Crippen LogP contribution in [0.4, 0.5) is 16.3 Å². The summed E-state index contributed by atoms with van der Waals surface area (Å²) in [7, 11) is 0. The van der Waals surface area contributed by atoms with E-state index in [4.69, 9.17) is 0 Å². The van der Waals surface area contributed by atoms with Gasteiger partial charge in [0.25, 0.3) is 0 Å². The van der Waals surface area contributed by atoms with Crippen LogP contribution < -0.4 is 16.0 Å². The highest BCUT2D eigenvalue weighted by molar-refractivity contribution is 5.89. The molecule has 8 heteroatoms. The Kier molecular flexibility index (Phi) is 6.11. The first kappa shape index (κ1) is 20.3. The van der Waals surface area contributed by atoms with Crippen molar-refractivity contribution >= 4 is 17.5 Å². The molecule has 0 aliphatic rings. The van der Waals surface area contributed by atoms with Gasteiger partial charge in [0.1, 0.15) is 5.82 Å². The maximum atomic E-state index is 12.0. The van der Waals surface area contributed by atoms with Crippen molar-refractivity contribution in [1.82, 2.24) is 25.3 Å². The average Bonchev–Trinajstić information content (AvgIpc) is 2.96. The minimum absolute atomic E-state index is 0.239. The molecule has 0 unspecified atom stereocenters. The molecule has 0 saturated carbocycles. The molecule has 1 aromatic carbocycles. The number of urea groups is 1. The Hall–Kier alpha value is -3.42. The van der Waals surface area contributed by atoms with E-state index in [0.29, 0.717) is 24.7 Å². The van der Waals surface area contributed by atoms with E-state index < -0.39 is 0 Å². The molecule has 2 heterocycles. The van der Waals surface area contributed by atoms with Crippen LogP contribution in [0.3, 0.4) is 0 Å². The van der Waals surface area contributed by atoms with E-state index in [9.17, 15) is 4.79 Å². The minimum atomic E-state index is -0.239. The number of hydrogen-bond acceptors (Lipinski definition) is 5. The Morgan fingerprint density at radius 1 is 0.966 bits per heavy atom. The average molecular weight is 393 g/mol. The molecule has 3 rings (SSSR count). The van der Waals surface area contributed by atoms with E-state index in [2.05, 4.69) is 31.2 Å². The van der Waals surface area contributed by atoms with Crippen molar-refractivity contribution in [2.45, 2.75) is 34.6 Å². The van der Waals surface area contributed by atoms with Gasteiger partial charge in [0.2, 0.25) is 0 Å². The third kappa shape index (κ3) is 4.90. The van der Waals surface area contributed by atoms with Gasteiger partial charge in [0, 0.05) is 24.5 Å². The summed E-state index contributed by atoms with van der Waals surface area (Å²) in [4.78, 5) is 12.0. The van der Waals surface area contributed by atoms with Crippen LogP contribution in [0.1, 0.15) is 28.1 Å². The zero-order valence-corrected chi connectivity index (χ0v) is 17.5. The number of carbonyl (C=O) groups excluding carboxylic acids is 1.